The Kier molecular flexibility index (Phi) is 4.76. The fraction of sp³-hybridized carbons (Fsp3) is 0.600. The number of fused-ring (bicyclic) bond motifs is 1. The minimum atomic E-state index is 0.0529. The van der Waals surface area contributed by atoms with Gasteiger partial charge in [-0.3, -0.25) is 0 Å². The highest BCUT2D eigenvalue weighted by Crippen LogP contribution is 2.38. The van der Waals surface area contributed by atoms with Gasteiger partial charge in [-0.2, -0.15) is 0 Å². The van der Waals surface area contributed by atoms with E-state index in [9.17, 15) is 0 Å². The van der Waals surface area contributed by atoms with Gasteiger partial charge in [-0.1, -0.05) is 32.8 Å². The van der Waals surface area contributed by atoms with Crippen molar-refractivity contribution in [2.75, 3.05) is 13.2 Å². The van der Waals surface area contributed by atoms with Crippen LogP contribution in [0, 0.1) is 5.92 Å². The minimum Gasteiger partial charge on any atom is -0.490 e. The average molecular weight is 269 g/mol. The van der Waals surface area contributed by atoms with Gasteiger partial charge < -0.3 is 9.47 Å². The van der Waals surface area contributed by atoms with Crippen molar-refractivity contribution in [3.05, 3.63) is 23.8 Å². The monoisotopic (exact) mass is 268 g/mol. The summed E-state index contributed by atoms with van der Waals surface area (Å²) in [5, 5.41) is 0.0529. The van der Waals surface area contributed by atoms with Crippen LogP contribution in [-0.4, -0.2) is 13.2 Å². The third-order valence-electron chi connectivity index (χ3n) is 3.55. The lowest BCUT2D eigenvalue weighted by molar-refractivity contribution is 0.297. The number of rotatable bonds is 4. The Labute approximate surface area is 114 Å². The quantitative estimate of drug-likeness (QED) is 0.745. The number of hydrogen-bond acceptors (Lipinski definition) is 2. The van der Waals surface area contributed by atoms with E-state index in [4.69, 9.17) is 21.1 Å². The highest BCUT2D eigenvalue weighted by atomic mass is 35.5. The predicted molar refractivity (Wildman–Crippen MR) is 74.7 cm³/mol. The van der Waals surface area contributed by atoms with E-state index >= 15 is 0 Å². The van der Waals surface area contributed by atoms with Gasteiger partial charge in [0.2, 0.25) is 0 Å². The highest BCUT2D eigenvalue weighted by molar-refractivity contribution is 6.21. The zero-order valence-electron chi connectivity index (χ0n) is 11.1. The molecule has 1 atom stereocenters. The molecule has 1 heterocycles. The van der Waals surface area contributed by atoms with Crippen LogP contribution in [0.1, 0.15) is 44.1 Å². The van der Waals surface area contributed by atoms with Crippen molar-refractivity contribution >= 4 is 11.6 Å². The molecule has 0 aliphatic carbocycles. The molecule has 2 rings (SSSR count). The Balaban J connectivity index is 2.21. The molecule has 0 radical (unpaired) electrons. The largest absolute Gasteiger partial charge is 0.490 e. The molecule has 0 bridgehead atoms. The molecule has 2 nitrogen and oxygen atoms in total. The SMILES string of the molecule is CCC(CC)C(Cl)c1ccc2c(c1)OCCCO2. The lowest BCUT2D eigenvalue weighted by atomic mass is 9.94. The Hall–Kier alpha value is -0.890. The number of alkyl halides is 1. The maximum absolute atomic E-state index is 6.56. The lowest BCUT2D eigenvalue weighted by Crippen LogP contribution is -2.06. The van der Waals surface area contributed by atoms with Gasteiger partial charge in [0.15, 0.2) is 11.5 Å². The lowest BCUT2D eigenvalue weighted by Gasteiger charge is -2.20. The van der Waals surface area contributed by atoms with E-state index in [0.717, 1.165) is 42.9 Å². The maximum atomic E-state index is 6.56. The van der Waals surface area contributed by atoms with E-state index < -0.39 is 0 Å². The molecule has 18 heavy (non-hydrogen) atoms. The van der Waals surface area contributed by atoms with Crippen LogP contribution in [0.2, 0.25) is 0 Å². The normalized spacial score (nSPS) is 16.4. The zero-order chi connectivity index (χ0) is 13.0. The van der Waals surface area contributed by atoms with E-state index in [0.29, 0.717) is 12.5 Å². The standard InChI is InChI=1S/C15H21ClO2/c1-3-11(4-2)15(16)12-6-7-13-14(10-12)18-9-5-8-17-13/h6-7,10-11,15H,3-5,8-9H2,1-2H3. The number of hydrogen-bond donors (Lipinski definition) is 0. The number of benzene rings is 1. The third kappa shape index (κ3) is 2.92. The highest BCUT2D eigenvalue weighted by Gasteiger charge is 2.20. The molecule has 1 aliphatic heterocycles. The van der Waals surface area contributed by atoms with E-state index in [1.54, 1.807) is 0 Å². The van der Waals surface area contributed by atoms with Gasteiger partial charge in [0, 0.05) is 6.42 Å². The van der Waals surface area contributed by atoms with E-state index in [-0.39, 0.29) is 5.38 Å². The molecule has 0 spiro atoms. The average Bonchev–Trinajstić information content (AvgIpc) is 2.64. The van der Waals surface area contributed by atoms with E-state index in [1.165, 1.54) is 0 Å². The van der Waals surface area contributed by atoms with Crippen LogP contribution < -0.4 is 9.47 Å². The molecule has 0 aromatic heterocycles. The van der Waals surface area contributed by atoms with Crippen LogP contribution >= 0.6 is 11.6 Å². The molecular formula is C15H21ClO2. The van der Waals surface area contributed by atoms with Crippen LogP contribution in [-0.2, 0) is 0 Å². The second-order valence-electron chi connectivity index (χ2n) is 4.73. The summed E-state index contributed by atoms with van der Waals surface area (Å²) in [7, 11) is 0. The van der Waals surface area contributed by atoms with Gasteiger partial charge >= 0.3 is 0 Å². The van der Waals surface area contributed by atoms with Crippen LogP contribution in [0.15, 0.2) is 18.2 Å². The molecule has 1 aromatic rings. The van der Waals surface area contributed by atoms with Gasteiger partial charge in [0.05, 0.1) is 18.6 Å². The molecule has 0 fully saturated rings. The van der Waals surface area contributed by atoms with Crippen molar-refractivity contribution in [1.82, 2.24) is 0 Å². The molecule has 0 saturated heterocycles. The van der Waals surface area contributed by atoms with Crippen LogP contribution in [0.25, 0.3) is 0 Å². The Morgan fingerprint density at radius 1 is 1.11 bits per heavy atom. The fourth-order valence-electron chi connectivity index (χ4n) is 2.33. The third-order valence-corrected chi connectivity index (χ3v) is 4.16. The summed E-state index contributed by atoms with van der Waals surface area (Å²) in [4.78, 5) is 0. The molecule has 100 valence electrons. The van der Waals surface area contributed by atoms with Crippen molar-refractivity contribution in [3.8, 4) is 11.5 Å². The molecule has 3 heteroatoms. The first kappa shape index (κ1) is 13.5. The second-order valence-corrected chi connectivity index (χ2v) is 5.21. The molecule has 1 aromatic carbocycles. The molecule has 1 unspecified atom stereocenters. The van der Waals surface area contributed by atoms with Crippen LogP contribution in [0.4, 0.5) is 0 Å². The summed E-state index contributed by atoms with van der Waals surface area (Å²) in [6, 6.07) is 6.08. The van der Waals surface area contributed by atoms with Gasteiger partial charge in [0.1, 0.15) is 0 Å². The van der Waals surface area contributed by atoms with Crippen molar-refractivity contribution < 1.29 is 9.47 Å². The topological polar surface area (TPSA) is 18.5 Å². The van der Waals surface area contributed by atoms with Gasteiger partial charge in [-0.25, -0.2) is 0 Å². The molecule has 0 amide bonds. The summed E-state index contributed by atoms with van der Waals surface area (Å²) < 4.78 is 11.3. The first-order valence-corrected chi connectivity index (χ1v) is 7.23. The maximum Gasteiger partial charge on any atom is 0.161 e. The Morgan fingerprint density at radius 3 is 2.44 bits per heavy atom. The summed E-state index contributed by atoms with van der Waals surface area (Å²) >= 11 is 6.56. The van der Waals surface area contributed by atoms with Gasteiger partial charge in [0.25, 0.3) is 0 Å². The molecular weight excluding hydrogens is 248 g/mol. The van der Waals surface area contributed by atoms with Crippen molar-refractivity contribution in [2.24, 2.45) is 5.92 Å². The Bertz CT molecular complexity index is 388. The smallest absolute Gasteiger partial charge is 0.161 e. The summed E-state index contributed by atoms with van der Waals surface area (Å²) in [5.74, 6) is 2.18. The predicted octanol–water partition coefficient (Wildman–Crippen LogP) is 4.56. The zero-order valence-corrected chi connectivity index (χ0v) is 11.9. The van der Waals surface area contributed by atoms with E-state index in [1.807, 2.05) is 12.1 Å². The molecule has 0 saturated carbocycles. The van der Waals surface area contributed by atoms with Crippen molar-refractivity contribution in [2.45, 2.75) is 38.5 Å². The fourth-order valence-corrected chi connectivity index (χ4v) is 2.82. The second kappa shape index (κ2) is 6.33. The van der Waals surface area contributed by atoms with Gasteiger partial charge in [-0.05, 0) is 23.6 Å². The minimum absolute atomic E-state index is 0.0529. The first-order chi connectivity index (χ1) is 8.76. The molecule has 0 N–H and O–H groups in total. The van der Waals surface area contributed by atoms with Crippen LogP contribution in [0.5, 0.6) is 11.5 Å². The van der Waals surface area contributed by atoms with E-state index in [2.05, 4.69) is 19.9 Å². The first-order valence-electron chi connectivity index (χ1n) is 6.79. The summed E-state index contributed by atoms with van der Waals surface area (Å²) in [6.07, 6.45) is 3.12. The number of ether oxygens (including phenoxy) is 2. The number of halogens is 1. The summed E-state index contributed by atoms with van der Waals surface area (Å²) in [6.45, 7) is 5.82. The molecule has 1 aliphatic rings. The van der Waals surface area contributed by atoms with Gasteiger partial charge in [-0.15, -0.1) is 11.6 Å². The van der Waals surface area contributed by atoms with Crippen molar-refractivity contribution in [1.29, 1.82) is 0 Å². The summed E-state index contributed by atoms with van der Waals surface area (Å²) in [5.41, 5.74) is 1.13. The van der Waals surface area contributed by atoms with Crippen LogP contribution in [0.3, 0.4) is 0 Å². The Morgan fingerprint density at radius 2 is 1.78 bits per heavy atom. The van der Waals surface area contributed by atoms with Crippen molar-refractivity contribution in [3.63, 3.8) is 0 Å².